The Morgan fingerprint density at radius 2 is 1.73 bits per heavy atom. The van der Waals surface area contributed by atoms with E-state index in [1.165, 1.54) is 5.56 Å². The minimum atomic E-state index is -3.64. The summed E-state index contributed by atoms with van der Waals surface area (Å²) in [6.45, 7) is 8.19. The Hall–Kier alpha value is -2.90. The third kappa shape index (κ3) is 4.98. The van der Waals surface area contributed by atoms with Crippen molar-refractivity contribution in [3.63, 3.8) is 0 Å². The highest BCUT2D eigenvalue weighted by Crippen LogP contribution is 2.24. The van der Waals surface area contributed by atoms with E-state index in [1.54, 1.807) is 24.3 Å². The molecule has 0 aliphatic carbocycles. The fraction of sp³-hybridized carbons (Fsp3) is 0.261. The number of nitrogens with two attached hydrogens (primary N) is 1. The van der Waals surface area contributed by atoms with Crippen molar-refractivity contribution < 1.29 is 13.2 Å². The highest BCUT2D eigenvalue weighted by atomic mass is 32.2. The van der Waals surface area contributed by atoms with Gasteiger partial charge < -0.3 is 9.88 Å². The molecule has 0 aliphatic rings. The van der Waals surface area contributed by atoms with E-state index >= 15 is 0 Å². The van der Waals surface area contributed by atoms with Crippen LogP contribution in [0.15, 0.2) is 54.6 Å². The summed E-state index contributed by atoms with van der Waals surface area (Å²) in [6, 6.07) is 16.9. The summed E-state index contributed by atoms with van der Waals surface area (Å²) in [7, 11) is -3.64. The normalized spacial score (nSPS) is 11.7. The van der Waals surface area contributed by atoms with Gasteiger partial charge in [0.05, 0.1) is 11.3 Å². The van der Waals surface area contributed by atoms with Crippen LogP contribution in [0.1, 0.15) is 52.6 Å². The third-order valence-electron chi connectivity index (χ3n) is 5.05. The van der Waals surface area contributed by atoms with Crippen LogP contribution in [0.3, 0.4) is 0 Å². The van der Waals surface area contributed by atoms with E-state index in [0.717, 1.165) is 17.1 Å². The number of anilines is 1. The van der Waals surface area contributed by atoms with Crippen LogP contribution in [0.2, 0.25) is 0 Å². The van der Waals surface area contributed by atoms with Gasteiger partial charge in [0.25, 0.3) is 5.91 Å². The van der Waals surface area contributed by atoms with Crippen molar-refractivity contribution in [2.45, 2.75) is 39.4 Å². The highest BCUT2D eigenvalue weighted by Gasteiger charge is 2.17. The summed E-state index contributed by atoms with van der Waals surface area (Å²) in [4.78, 5) is 12.9. The van der Waals surface area contributed by atoms with Crippen molar-refractivity contribution in [2.24, 2.45) is 5.14 Å². The van der Waals surface area contributed by atoms with E-state index in [1.807, 2.05) is 19.9 Å². The number of nitrogens with one attached hydrogen (secondary N) is 1. The predicted molar refractivity (Wildman–Crippen MR) is 121 cm³/mol. The van der Waals surface area contributed by atoms with E-state index in [4.69, 9.17) is 5.14 Å². The SMILES string of the molecule is Cc1cc(C(=O)Nc2cccc(CS(N)(=O)=O)c2)c(C)n1-c1ccc(C(C)C)cc1. The zero-order valence-electron chi connectivity index (χ0n) is 17.6. The van der Waals surface area contributed by atoms with Crippen molar-refractivity contribution in [3.05, 3.63) is 82.7 Å². The first-order valence-corrected chi connectivity index (χ1v) is 11.5. The van der Waals surface area contributed by atoms with Crippen LogP contribution >= 0.6 is 0 Å². The molecule has 3 N–H and O–H groups in total. The van der Waals surface area contributed by atoms with Crippen LogP contribution in [-0.2, 0) is 15.8 Å². The number of aryl methyl sites for hydroxylation is 1. The van der Waals surface area contributed by atoms with Gasteiger partial charge >= 0.3 is 0 Å². The molecule has 1 amide bonds. The van der Waals surface area contributed by atoms with Crippen LogP contribution in [0.4, 0.5) is 5.69 Å². The van der Waals surface area contributed by atoms with Crippen molar-refractivity contribution in [1.29, 1.82) is 0 Å². The largest absolute Gasteiger partial charge is 0.322 e. The van der Waals surface area contributed by atoms with Gasteiger partial charge in [-0.1, -0.05) is 38.1 Å². The van der Waals surface area contributed by atoms with Crippen molar-refractivity contribution in [1.82, 2.24) is 4.57 Å². The molecule has 0 fully saturated rings. The fourth-order valence-electron chi connectivity index (χ4n) is 3.57. The number of aromatic nitrogens is 1. The maximum atomic E-state index is 12.9. The molecule has 30 heavy (non-hydrogen) atoms. The van der Waals surface area contributed by atoms with Crippen LogP contribution < -0.4 is 10.5 Å². The molecule has 0 spiro atoms. The van der Waals surface area contributed by atoms with Crippen LogP contribution in [0, 0.1) is 13.8 Å². The summed E-state index contributed by atoms with van der Waals surface area (Å²) in [5.74, 6) is -0.0735. The predicted octanol–water partition coefficient (Wildman–Crippen LogP) is 4.26. The highest BCUT2D eigenvalue weighted by molar-refractivity contribution is 7.88. The van der Waals surface area contributed by atoms with Gasteiger partial charge in [0.15, 0.2) is 0 Å². The van der Waals surface area contributed by atoms with Crippen molar-refractivity contribution in [3.8, 4) is 5.69 Å². The van der Waals surface area contributed by atoms with Gasteiger partial charge in [-0.05, 0) is 61.2 Å². The molecule has 0 unspecified atom stereocenters. The van der Waals surface area contributed by atoms with Gasteiger partial charge in [-0.3, -0.25) is 4.79 Å². The lowest BCUT2D eigenvalue weighted by Gasteiger charge is -2.12. The third-order valence-corrected chi connectivity index (χ3v) is 5.78. The average molecular weight is 426 g/mol. The number of rotatable bonds is 6. The topological polar surface area (TPSA) is 94.2 Å². The summed E-state index contributed by atoms with van der Waals surface area (Å²) in [6.07, 6.45) is 0. The maximum Gasteiger partial charge on any atom is 0.257 e. The fourth-order valence-corrected chi connectivity index (χ4v) is 4.21. The second-order valence-corrected chi connectivity index (χ2v) is 9.44. The molecule has 0 aliphatic heterocycles. The first-order chi connectivity index (χ1) is 14.0. The molecule has 0 saturated carbocycles. The van der Waals surface area contributed by atoms with E-state index in [2.05, 4.69) is 48.0 Å². The second kappa shape index (κ2) is 8.45. The Bertz CT molecular complexity index is 1180. The quantitative estimate of drug-likeness (QED) is 0.618. The smallest absolute Gasteiger partial charge is 0.257 e. The monoisotopic (exact) mass is 425 g/mol. The number of hydrogen-bond acceptors (Lipinski definition) is 3. The van der Waals surface area contributed by atoms with E-state index in [0.29, 0.717) is 22.7 Å². The minimum Gasteiger partial charge on any atom is -0.322 e. The first-order valence-electron chi connectivity index (χ1n) is 9.75. The van der Waals surface area contributed by atoms with Gasteiger partial charge in [-0.15, -0.1) is 0 Å². The van der Waals surface area contributed by atoms with Crippen molar-refractivity contribution in [2.75, 3.05) is 5.32 Å². The molecular formula is C23H27N3O3S. The summed E-state index contributed by atoms with van der Waals surface area (Å²) in [5, 5.41) is 7.97. The molecule has 7 heteroatoms. The molecule has 1 aromatic heterocycles. The molecule has 3 rings (SSSR count). The van der Waals surface area contributed by atoms with Crippen molar-refractivity contribution >= 4 is 21.6 Å². The van der Waals surface area contributed by atoms with Gasteiger partial charge in [0, 0.05) is 22.8 Å². The Balaban J connectivity index is 1.86. The van der Waals surface area contributed by atoms with Gasteiger partial charge in [0.2, 0.25) is 10.0 Å². The van der Waals surface area contributed by atoms with E-state index in [-0.39, 0.29) is 11.7 Å². The Morgan fingerprint density at radius 1 is 1.07 bits per heavy atom. The lowest BCUT2D eigenvalue weighted by molar-refractivity contribution is 0.102. The van der Waals surface area contributed by atoms with Gasteiger partial charge in [0.1, 0.15) is 0 Å². The molecule has 0 radical (unpaired) electrons. The molecule has 2 aromatic carbocycles. The number of hydrogen-bond donors (Lipinski definition) is 2. The summed E-state index contributed by atoms with van der Waals surface area (Å²) in [5.41, 5.74) is 5.67. The molecule has 3 aromatic rings. The molecule has 0 bridgehead atoms. The molecule has 1 heterocycles. The molecule has 0 atom stereocenters. The number of amides is 1. The van der Waals surface area contributed by atoms with Gasteiger partial charge in [-0.2, -0.15) is 0 Å². The van der Waals surface area contributed by atoms with Crippen LogP contribution in [-0.4, -0.2) is 18.9 Å². The molecular weight excluding hydrogens is 398 g/mol. The maximum absolute atomic E-state index is 12.9. The number of carbonyl (C=O) groups excluding carboxylic acids is 1. The molecule has 0 saturated heterocycles. The lowest BCUT2D eigenvalue weighted by atomic mass is 10.0. The summed E-state index contributed by atoms with van der Waals surface area (Å²) >= 11 is 0. The Morgan fingerprint density at radius 3 is 2.33 bits per heavy atom. The Kier molecular flexibility index (Phi) is 6.14. The zero-order chi connectivity index (χ0) is 22.1. The summed E-state index contributed by atoms with van der Waals surface area (Å²) < 4.78 is 24.7. The number of carbonyl (C=O) groups is 1. The zero-order valence-corrected chi connectivity index (χ0v) is 18.5. The lowest BCUT2D eigenvalue weighted by Crippen LogP contribution is -2.15. The van der Waals surface area contributed by atoms with E-state index < -0.39 is 10.0 Å². The van der Waals surface area contributed by atoms with E-state index in [9.17, 15) is 13.2 Å². The molecule has 158 valence electrons. The van der Waals surface area contributed by atoms with Crippen LogP contribution in [0.5, 0.6) is 0 Å². The number of benzene rings is 2. The van der Waals surface area contributed by atoms with Crippen LogP contribution in [0.25, 0.3) is 5.69 Å². The minimum absolute atomic E-state index is 0.249. The number of sulfonamides is 1. The average Bonchev–Trinajstić information content (AvgIpc) is 2.95. The Labute approximate surface area is 177 Å². The standard InChI is InChI=1S/C23H27N3O3S/c1-15(2)19-8-10-21(11-9-19)26-16(3)12-22(17(26)4)23(27)25-20-7-5-6-18(13-20)14-30(24,28)29/h5-13,15H,14H2,1-4H3,(H,25,27)(H2,24,28,29). The van der Waals surface area contributed by atoms with Gasteiger partial charge in [-0.25, -0.2) is 13.6 Å². The number of nitrogens with zero attached hydrogens (tertiary/aromatic N) is 1. The second-order valence-electron chi connectivity index (χ2n) is 7.83. The molecule has 6 nitrogen and oxygen atoms in total. The number of primary sulfonamides is 1. The first kappa shape index (κ1) is 21.8.